The average Bonchev–Trinajstić information content (AvgIpc) is 2.84. The molecule has 2 nitrogen and oxygen atoms in total. The molecule has 1 saturated carbocycles. The predicted octanol–water partition coefficient (Wildman–Crippen LogP) is 1.74. The van der Waals surface area contributed by atoms with Crippen LogP contribution in [0.25, 0.3) is 0 Å². The van der Waals surface area contributed by atoms with E-state index in [-0.39, 0.29) is 11.4 Å². The van der Waals surface area contributed by atoms with Crippen molar-refractivity contribution in [3.05, 3.63) is 35.6 Å². The number of hydrogen-bond donors (Lipinski definition) is 2. The van der Waals surface area contributed by atoms with Crippen molar-refractivity contribution in [2.45, 2.75) is 30.9 Å². The zero-order chi connectivity index (χ0) is 10.2. The van der Waals surface area contributed by atoms with E-state index in [1.54, 1.807) is 12.1 Å². The third-order valence-electron chi connectivity index (χ3n) is 2.75. The first-order chi connectivity index (χ1) is 6.59. The van der Waals surface area contributed by atoms with E-state index in [0.717, 1.165) is 18.4 Å². The number of aliphatic hydroxyl groups excluding tert-OH is 1. The topological polar surface area (TPSA) is 46.2 Å². The highest BCUT2D eigenvalue weighted by Gasteiger charge is 2.39. The molecule has 1 aliphatic carbocycles. The minimum atomic E-state index is -0.567. The highest BCUT2D eigenvalue weighted by Crippen LogP contribution is 2.39. The summed E-state index contributed by atoms with van der Waals surface area (Å²) >= 11 is 0. The van der Waals surface area contributed by atoms with E-state index in [9.17, 15) is 9.50 Å². The molecule has 1 aromatic rings. The van der Waals surface area contributed by atoms with Crippen LogP contribution in [0.3, 0.4) is 0 Å². The second-order valence-corrected chi connectivity index (χ2v) is 4.13. The normalized spacial score (nSPS) is 20.5. The van der Waals surface area contributed by atoms with Crippen molar-refractivity contribution in [2.24, 2.45) is 5.73 Å². The zero-order valence-corrected chi connectivity index (χ0v) is 7.91. The number of benzene rings is 1. The molecule has 3 N–H and O–H groups in total. The van der Waals surface area contributed by atoms with Crippen molar-refractivity contribution in [1.82, 2.24) is 0 Å². The zero-order valence-electron chi connectivity index (χ0n) is 7.91. The minimum Gasteiger partial charge on any atom is -0.388 e. The van der Waals surface area contributed by atoms with Gasteiger partial charge in [-0.1, -0.05) is 12.1 Å². The molecule has 14 heavy (non-hydrogen) atoms. The Hall–Kier alpha value is -0.930. The van der Waals surface area contributed by atoms with Gasteiger partial charge >= 0.3 is 0 Å². The van der Waals surface area contributed by atoms with E-state index < -0.39 is 6.10 Å². The minimum absolute atomic E-state index is 0.173. The molecule has 0 amide bonds. The molecule has 1 fully saturated rings. The molecule has 0 heterocycles. The first-order valence-corrected chi connectivity index (χ1v) is 4.81. The molecule has 0 radical (unpaired) electrons. The molecule has 0 aliphatic heterocycles. The Kier molecular flexibility index (Phi) is 2.29. The molecule has 1 unspecified atom stereocenters. The lowest BCUT2D eigenvalue weighted by Crippen LogP contribution is -2.24. The fraction of sp³-hybridized carbons (Fsp3) is 0.455. The maximum Gasteiger partial charge on any atom is 0.123 e. The van der Waals surface area contributed by atoms with E-state index in [4.69, 9.17) is 5.73 Å². The van der Waals surface area contributed by atoms with Gasteiger partial charge in [-0.3, -0.25) is 0 Å². The highest BCUT2D eigenvalue weighted by molar-refractivity contribution is 5.20. The average molecular weight is 195 g/mol. The van der Waals surface area contributed by atoms with E-state index in [0.29, 0.717) is 6.42 Å². The Morgan fingerprint density at radius 2 is 1.93 bits per heavy atom. The van der Waals surface area contributed by atoms with Crippen molar-refractivity contribution in [3.63, 3.8) is 0 Å². The van der Waals surface area contributed by atoms with Gasteiger partial charge in [0.15, 0.2) is 0 Å². The lowest BCUT2D eigenvalue weighted by molar-refractivity contribution is 0.154. The van der Waals surface area contributed by atoms with Gasteiger partial charge < -0.3 is 10.8 Å². The summed E-state index contributed by atoms with van der Waals surface area (Å²) in [5.74, 6) is -0.283. The summed E-state index contributed by atoms with van der Waals surface area (Å²) in [7, 11) is 0. The maximum atomic E-state index is 12.6. The van der Waals surface area contributed by atoms with Crippen LogP contribution in [0.15, 0.2) is 24.3 Å². The van der Waals surface area contributed by atoms with Crippen molar-refractivity contribution in [2.75, 3.05) is 0 Å². The van der Waals surface area contributed by atoms with Crippen LogP contribution in [0.2, 0.25) is 0 Å². The van der Waals surface area contributed by atoms with Gasteiger partial charge in [-0.2, -0.15) is 0 Å². The van der Waals surface area contributed by atoms with Gasteiger partial charge in [0.25, 0.3) is 0 Å². The number of aliphatic hydroxyl groups is 1. The Morgan fingerprint density at radius 1 is 1.36 bits per heavy atom. The van der Waals surface area contributed by atoms with Gasteiger partial charge in [0.2, 0.25) is 0 Å². The molecule has 0 spiro atoms. The Labute approximate surface area is 82.5 Å². The van der Waals surface area contributed by atoms with Crippen molar-refractivity contribution < 1.29 is 9.50 Å². The fourth-order valence-electron chi connectivity index (χ4n) is 1.55. The van der Waals surface area contributed by atoms with E-state index in [2.05, 4.69) is 0 Å². The van der Waals surface area contributed by atoms with Gasteiger partial charge in [0, 0.05) is 5.54 Å². The summed E-state index contributed by atoms with van der Waals surface area (Å²) in [5, 5.41) is 9.78. The molecule has 1 aliphatic rings. The Balaban J connectivity index is 2.03. The summed E-state index contributed by atoms with van der Waals surface area (Å²) in [4.78, 5) is 0. The van der Waals surface area contributed by atoms with Crippen molar-refractivity contribution in [1.29, 1.82) is 0 Å². The van der Waals surface area contributed by atoms with Crippen LogP contribution in [0, 0.1) is 5.82 Å². The van der Waals surface area contributed by atoms with E-state index in [1.165, 1.54) is 12.1 Å². The predicted molar refractivity (Wildman–Crippen MR) is 52.1 cm³/mol. The molecule has 0 saturated heterocycles. The van der Waals surface area contributed by atoms with E-state index in [1.807, 2.05) is 0 Å². The van der Waals surface area contributed by atoms with Crippen molar-refractivity contribution >= 4 is 0 Å². The van der Waals surface area contributed by atoms with Crippen LogP contribution >= 0.6 is 0 Å². The van der Waals surface area contributed by atoms with Gasteiger partial charge in [0.1, 0.15) is 5.82 Å². The highest BCUT2D eigenvalue weighted by atomic mass is 19.1. The van der Waals surface area contributed by atoms with Crippen LogP contribution in [0.5, 0.6) is 0 Å². The quantitative estimate of drug-likeness (QED) is 0.771. The van der Waals surface area contributed by atoms with Crippen LogP contribution < -0.4 is 5.73 Å². The molecule has 1 aromatic carbocycles. The molecule has 0 bridgehead atoms. The summed E-state index contributed by atoms with van der Waals surface area (Å²) in [6, 6.07) is 5.92. The molecule has 1 atom stereocenters. The fourth-order valence-corrected chi connectivity index (χ4v) is 1.55. The SMILES string of the molecule is NC1(CC(O)c2ccc(F)cc2)CC1. The first kappa shape index (κ1) is 9.62. The standard InChI is InChI=1S/C11H14FNO/c12-9-3-1-8(2-4-9)10(14)7-11(13)5-6-11/h1-4,10,14H,5-7,13H2. The van der Waals surface area contributed by atoms with Crippen LogP contribution in [0.4, 0.5) is 4.39 Å². The smallest absolute Gasteiger partial charge is 0.123 e. The summed E-state index contributed by atoms with van der Waals surface area (Å²) < 4.78 is 12.6. The first-order valence-electron chi connectivity index (χ1n) is 4.81. The summed E-state index contributed by atoms with van der Waals surface area (Å²) in [6.45, 7) is 0. The third kappa shape index (κ3) is 2.11. The number of rotatable bonds is 3. The summed E-state index contributed by atoms with van der Waals surface area (Å²) in [6.07, 6.45) is 1.96. The monoisotopic (exact) mass is 195 g/mol. The molecule has 0 aromatic heterocycles. The van der Waals surface area contributed by atoms with Gasteiger partial charge in [-0.05, 0) is 37.0 Å². The molecule has 76 valence electrons. The summed E-state index contributed by atoms with van der Waals surface area (Å²) in [5.41, 5.74) is 6.45. The van der Waals surface area contributed by atoms with Gasteiger partial charge in [0.05, 0.1) is 6.10 Å². The Morgan fingerprint density at radius 3 is 2.43 bits per heavy atom. The maximum absolute atomic E-state index is 12.6. The van der Waals surface area contributed by atoms with Gasteiger partial charge in [-0.25, -0.2) is 4.39 Å². The molecular weight excluding hydrogens is 181 g/mol. The number of halogens is 1. The molecular formula is C11H14FNO. The molecule has 3 heteroatoms. The van der Waals surface area contributed by atoms with Crippen LogP contribution in [0.1, 0.15) is 30.9 Å². The lowest BCUT2D eigenvalue weighted by atomic mass is 10.0. The second kappa shape index (κ2) is 3.33. The van der Waals surface area contributed by atoms with Crippen LogP contribution in [-0.4, -0.2) is 10.6 Å². The number of hydrogen-bond acceptors (Lipinski definition) is 2. The number of nitrogens with two attached hydrogens (primary N) is 1. The Bertz CT molecular complexity index is 319. The lowest BCUT2D eigenvalue weighted by Gasteiger charge is -2.15. The van der Waals surface area contributed by atoms with Crippen LogP contribution in [-0.2, 0) is 0 Å². The second-order valence-electron chi connectivity index (χ2n) is 4.13. The molecule has 2 rings (SSSR count). The van der Waals surface area contributed by atoms with E-state index >= 15 is 0 Å². The van der Waals surface area contributed by atoms with Gasteiger partial charge in [-0.15, -0.1) is 0 Å². The third-order valence-corrected chi connectivity index (χ3v) is 2.75. The largest absolute Gasteiger partial charge is 0.388 e. The van der Waals surface area contributed by atoms with Crippen molar-refractivity contribution in [3.8, 4) is 0 Å².